The number of carbonyl (C=O) groups is 2. The molecule has 0 radical (unpaired) electrons. The lowest BCUT2D eigenvalue weighted by Gasteiger charge is -2.17. The molecule has 34 heavy (non-hydrogen) atoms. The highest BCUT2D eigenvalue weighted by atomic mass is 32.1. The van der Waals surface area contributed by atoms with Crippen LogP contribution in [0.1, 0.15) is 58.3 Å². The third-order valence-corrected chi connectivity index (χ3v) is 6.72. The van der Waals surface area contributed by atoms with Crippen molar-refractivity contribution in [3.63, 3.8) is 0 Å². The lowest BCUT2D eigenvalue weighted by atomic mass is 9.90. The van der Waals surface area contributed by atoms with Crippen molar-refractivity contribution in [1.82, 2.24) is 10.6 Å². The normalized spacial score (nSPS) is 11.9. The summed E-state index contributed by atoms with van der Waals surface area (Å²) in [5.74, 6) is -0.930. The number of amidine groups is 1. The average Bonchev–Trinajstić information content (AvgIpc) is 3.32. The Balaban J connectivity index is 1.70. The molecule has 0 aliphatic rings. The van der Waals surface area contributed by atoms with Crippen molar-refractivity contribution in [2.75, 3.05) is 6.54 Å². The van der Waals surface area contributed by atoms with E-state index in [0.717, 1.165) is 16.0 Å². The van der Waals surface area contributed by atoms with Gasteiger partial charge in [0.15, 0.2) is 0 Å². The van der Waals surface area contributed by atoms with Crippen molar-refractivity contribution in [1.29, 1.82) is 5.41 Å². The first kappa shape index (κ1) is 25.2. The fourth-order valence-electron chi connectivity index (χ4n) is 3.66. The molecule has 3 aromatic rings. The summed E-state index contributed by atoms with van der Waals surface area (Å²) in [5.41, 5.74) is 2.26. The summed E-state index contributed by atoms with van der Waals surface area (Å²) < 4.78 is 0. The SMILES string of the molecule is CC(C)C(=N)NCCC[C@H](NC(=O)c1ccc(C(c2ccccc2)c2ccccc2)s1)C(=O)O. The maximum Gasteiger partial charge on any atom is 0.326 e. The number of nitrogens with one attached hydrogen (secondary N) is 3. The number of carboxylic acids is 1. The van der Waals surface area contributed by atoms with Gasteiger partial charge in [-0.2, -0.15) is 0 Å². The Labute approximate surface area is 204 Å². The van der Waals surface area contributed by atoms with E-state index < -0.39 is 12.0 Å². The van der Waals surface area contributed by atoms with Gasteiger partial charge in [0.1, 0.15) is 6.04 Å². The number of aliphatic carboxylic acids is 1. The second-order valence-corrected chi connectivity index (χ2v) is 9.57. The Hall–Kier alpha value is -3.45. The van der Waals surface area contributed by atoms with Crippen LogP contribution >= 0.6 is 11.3 Å². The molecule has 178 valence electrons. The largest absolute Gasteiger partial charge is 0.480 e. The van der Waals surface area contributed by atoms with E-state index in [1.807, 2.05) is 56.3 Å². The van der Waals surface area contributed by atoms with Crippen molar-refractivity contribution >= 4 is 29.0 Å². The van der Waals surface area contributed by atoms with Gasteiger partial charge in [-0.1, -0.05) is 74.5 Å². The Kier molecular flexibility index (Phi) is 8.99. The van der Waals surface area contributed by atoms with Crippen molar-refractivity contribution in [3.8, 4) is 0 Å². The summed E-state index contributed by atoms with van der Waals surface area (Å²) in [6, 6.07) is 23.0. The van der Waals surface area contributed by atoms with Crippen LogP contribution in [0.25, 0.3) is 0 Å². The molecule has 1 aromatic heterocycles. The van der Waals surface area contributed by atoms with Crippen molar-refractivity contribution in [2.24, 2.45) is 5.92 Å². The van der Waals surface area contributed by atoms with Crippen molar-refractivity contribution in [3.05, 3.63) is 93.7 Å². The summed E-state index contributed by atoms with van der Waals surface area (Å²) in [4.78, 5) is 26.1. The van der Waals surface area contributed by atoms with Crippen LogP contribution in [-0.4, -0.2) is 35.4 Å². The molecule has 0 bridgehead atoms. The number of amides is 1. The van der Waals surface area contributed by atoms with Crippen molar-refractivity contribution in [2.45, 2.75) is 38.6 Å². The molecule has 0 spiro atoms. The zero-order valence-corrected chi connectivity index (χ0v) is 20.3. The quantitative estimate of drug-likeness (QED) is 0.175. The molecule has 6 nitrogen and oxygen atoms in total. The molecule has 0 fully saturated rings. The molecule has 0 aliphatic carbocycles. The lowest BCUT2D eigenvalue weighted by molar-refractivity contribution is -0.139. The molecule has 1 heterocycles. The Morgan fingerprint density at radius 3 is 2.06 bits per heavy atom. The molecule has 0 unspecified atom stereocenters. The fourth-order valence-corrected chi connectivity index (χ4v) is 4.73. The van der Waals surface area contributed by atoms with Crippen LogP contribution in [0, 0.1) is 11.3 Å². The second-order valence-electron chi connectivity index (χ2n) is 8.46. The fraction of sp³-hybridized carbons (Fsp3) is 0.296. The molecule has 2 aromatic carbocycles. The molecule has 0 saturated carbocycles. The first-order valence-electron chi connectivity index (χ1n) is 11.4. The highest BCUT2D eigenvalue weighted by Gasteiger charge is 2.23. The van der Waals surface area contributed by atoms with Gasteiger partial charge in [-0.05, 0) is 36.1 Å². The van der Waals surface area contributed by atoms with Crippen LogP contribution in [0.3, 0.4) is 0 Å². The summed E-state index contributed by atoms with van der Waals surface area (Å²) in [6.45, 7) is 4.34. The van der Waals surface area contributed by atoms with Crippen LogP contribution in [0.2, 0.25) is 0 Å². The predicted molar refractivity (Wildman–Crippen MR) is 137 cm³/mol. The highest BCUT2D eigenvalue weighted by molar-refractivity contribution is 7.14. The first-order chi connectivity index (χ1) is 16.4. The third-order valence-electron chi connectivity index (χ3n) is 5.57. The number of rotatable bonds is 11. The number of hydrogen-bond donors (Lipinski definition) is 4. The van der Waals surface area contributed by atoms with E-state index in [2.05, 4.69) is 34.9 Å². The predicted octanol–water partition coefficient (Wildman–Crippen LogP) is 5.11. The smallest absolute Gasteiger partial charge is 0.326 e. The maximum atomic E-state index is 12.9. The Morgan fingerprint density at radius 2 is 1.53 bits per heavy atom. The standard InChI is InChI=1S/C27H31N3O3S/c1-18(2)25(28)29-17-9-14-21(27(32)33)30-26(31)23-16-15-22(34-23)24(19-10-5-3-6-11-19)20-12-7-4-8-13-20/h3-8,10-13,15-16,18,21,24H,9,14,17H2,1-2H3,(H2,28,29)(H,30,31)(H,32,33)/t21-/m0/s1. The van der Waals surface area contributed by atoms with Gasteiger partial charge in [0.05, 0.1) is 10.7 Å². The molecule has 7 heteroatoms. The van der Waals surface area contributed by atoms with Crippen molar-refractivity contribution < 1.29 is 14.7 Å². The minimum Gasteiger partial charge on any atom is -0.480 e. The van der Waals surface area contributed by atoms with Gasteiger partial charge in [0.25, 0.3) is 5.91 Å². The van der Waals surface area contributed by atoms with E-state index >= 15 is 0 Å². The molecule has 4 N–H and O–H groups in total. The zero-order valence-electron chi connectivity index (χ0n) is 19.5. The van der Waals surface area contributed by atoms with E-state index in [0.29, 0.717) is 23.7 Å². The van der Waals surface area contributed by atoms with E-state index in [4.69, 9.17) is 5.41 Å². The van der Waals surface area contributed by atoms with Gasteiger partial charge in [-0.15, -0.1) is 11.3 Å². The van der Waals surface area contributed by atoms with Gasteiger partial charge < -0.3 is 15.7 Å². The monoisotopic (exact) mass is 477 g/mol. The summed E-state index contributed by atoms with van der Waals surface area (Å²) in [5, 5.41) is 23.0. The maximum absolute atomic E-state index is 12.9. The van der Waals surface area contributed by atoms with Crippen LogP contribution < -0.4 is 10.6 Å². The van der Waals surface area contributed by atoms with Crippen LogP contribution in [0.4, 0.5) is 0 Å². The van der Waals surface area contributed by atoms with Gasteiger partial charge in [-0.3, -0.25) is 10.2 Å². The number of benzene rings is 2. The van der Waals surface area contributed by atoms with Gasteiger partial charge in [0.2, 0.25) is 0 Å². The number of hydrogen-bond acceptors (Lipinski definition) is 4. The molecular weight excluding hydrogens is 446 g/mol. The molecule has 0 saturated heterocycles. The number of carbonyl (C=O) groups excluding carboxylic acids is 1. The average molecular weight is 478 g/mol. The van der Waals surface area contributed by atoms with Gasteiger partial charge >= 0.3 is 5.97 Å². The van der Waals surface area contributed by atoms with Crippen LogP contribution in [0.15, 0.2) is 72.8 Å². The van der Waals surface area contributed by atoms with E-state index in [1.54, 1.807) is 6.07 Å². The van der Waals surface area contributed by atoms with E-state index in [1.165, 1.54) is 11.3 Å². The third kappa shape index (κ3) is 6.78. The Morgan fingerprint density at radius 1 is 0.941 bits per heavy atom. The van der Waals surface area contributed by atoms with E-state index in [9.17, 15) is 14.7 Å². The summed E-state index contributed by atoms with van der Waals surface area (Å²) in [7, 11) is 0. The molecule has 3 rings (SSSR count). The molecule has 1 amide bonds. The summed E-state index contributed by atoms with van der Waals surface area (Å²) in [6.07, 6.45) is 0.820. The number of thiophene rings is 1. The number of carboxylic acid groups (broad SMARTS) is 1. The molecule has 1 atom stereocenters. The minimum absolute atomic E-state index is 0.00781. The lowest BCUT2D eigenvalue weighted by Crippen LogP contribution is -2.41. The van der Waals surface area contributed by atoms with Gasteiger partial charge in [0, 0.05) is 23.3 Å². The molecular formula is C27H31N3O3S. The zero-order chi connectivity index (χ0) is 24.5. The summed E-state index contributed by atoms with van der Waals surface area (Å²) >= 11 is 1.38. The van der Waals surface area contributed by atoms with E-state index in [-0.39, 0.29) is 24.2 Å². The minimum atomic E-state index is -1.06. The Bertz CT molecular complexity index is 1060. The van der Waals surface area contributed by atoms with Crippen LogP contribution in [-0.2, 0) is 4.79 Å². The molecule has 0 aliphatic heterocycles. The van der Waals surface area contributed by atoms with Gasteiger partial charge in [-0.25, -0.2) is 4.79 Å². The topological polar surface area (TPSA) is 102 Å². The highest BCUT2D eigenvalue weighted by Crippen LogP contribution is 2.36. The first-order valence-corrected chi connectivity index (χ1v) is 12.2. The van der Waals surface area contributed by atoms with Crippen LogP contribution in [0.5, 0.6) is 0 Å². The second kappa shape index (κ2) is 12.1.